The zero-order chi connectivity index (χ0) is 16.6. The summed E-state index contributed by atoms with van der Waals surface area (Å²) in [6.45, 7) is 3.19. The highest BCUT2D eigenvalue weighted by atomic mass is 35.5. The van der Waals surface area contributed by atoms with Crippen LogP contribution in [0.25, 0.3) is 0 Å². The predicted octanol–water partition coefficient (Wildman–Crippen LogP) is 3.75. The van der Waals surface area contributed by atoms with Crippen molar-refractivity contribution in [3.8, 4) is 5.75 Å². The molecule has 1 aromatic carbocycles. The number of benzene rings is 1. The van der Waals surface area contributed by atoms with E-state index in [1.807, 2.05) is 36.8 Å². The molecule has 2 aromatic heterocycles. The minimum atomic E-state index is 0.479. The molecule has 0 aliphatic heterocycles. The van der Waals surface area contributed by atoms with Crippen molar-refractivity contribution in [2.75, 3.05) is 6.54 Å². The Kier molecular flexibility index (Phi) is 6.23. The van der Waals surface area contributed by atoms with Gasteiger partial charge in [0.05, 0.1) is 12.0 Å². The molecule has 5 nitrogen and oxygen atoms in total. The van der Waals surface area contributed by atoms with E-state index in [0.717, 1.165) is 42.5 Å². The highest BCUT2D eigenvalue weighted by molar-refractivity contribution is 7.09. The number of halogens is 1. The van der Waals surface area contributed by atoms with E-state index < -0.39 is 0 Å². The number of rotatable bonds is 9. The van der Waals surface area contributed by atoms with Crippen molar-refractivity contribution in [2.45, 2.75) is 26.1 Å². The second-order valence-electron chi connectivity index (χ2n) is 5.31. The number of aromatic nitrogens is 3. The molecule has 0 saturated heterocycles. The Morgan fingerprint density at radius 3 is 2.92 bits per heavy atom. The Morgan fingerprint density at radius 1 is 1.25 bits per heavy atom. The molecular weight excluding hydrogens is 344 g/mol. The molecule has 0 unspecified atom stereocenters. The van der Waals surface area contributed by atoms with Crippen LogP contribution in [0.3, 0.4) is 0 Å². The number of aryl methyl sites for hydroxylation is 1. The molecule has 3 rings (SSSR count). The quantitative estimate of drug-likeness (QED) is 0.589. The van der Waals surface area contributed by atoms with Gasteiger partial charge in [-0.15, -0.1) is 11.3 Å². The van der Waals surface area contributed by atoms with Gasteiger partial charge in [0, 0.05) is 35.9 Å². The fraction of sp³-hybridized carbons (Fsp3) is 0.294. The summed E-state index contributed by atoms with van der Waals surface area (Å²) in [6.07, 6.45) is 6.68. The van der Waals surface area contributed by atoms with Crippen LogP contribution in [0.4, 0.5) is 0 Å². The highest BCUT2D eigenvalue weighted by Crippen LogP contribution is 2.18. The maximum absolute atomic E-state index is 5.85. The Morgan fingerprint density at radius 2 is 2.12 bits per heavy atom. The molecule has 0 atom stereocenters. The van der Waals surface area contributed by atoms with Gasteiger partial charge in [-0.1, -0.05) is 11.6 Å². The molecule has 0 saturated carbocycles. The van der Waals surface area contributed by atoms with E-state index in [1.165, 1.54) is 0 Å². The van der Waals surface area contributed by atoms with Crippen molar-refractivity contribution in [1.29, 1.82) is 0 Å². The average molecular weight is 363 g/mol. The van der Waals surface area contributed by atoms with Gasteiger partial charge in [0.25, 0.3) is 0 Å². The number of ether oxygens (including phenoxy) is 1. The SMILES string of the molecule is Clc1ccc(OCc2nc(CNCCCn3ccnc3)cs2)cc1. The molecule has 0 aliphatic rings. The Labute approximate surface area is 150 Å². The van der Waals surface area contributed by atoms with Gasteiger partial charge in [-0.3, -0.25) is 0 Å². The van der Waals surface area contributed by atoms with Crippen molar-refractivity contribution >= 4 is 22.9 Å². The summed E-state index contributed by atoms with van der Waals surface area (Å²) in [5.74, 6) is 0.800. The Hall–Kier alpha value is -1.89. The van der Waals surface area contributed by atoms with E-state index >= 15 is 0 Å². The number of hydrogen-bond donors (Lipinski definition) is 1. The van der Waals surface area contributed by atoms with E-state index in [4.69, 9.17) is 16.3 Å². The first-order valence-electron chi connectivity index (χ1n) is 7.78. The molecular formula is C17H19ClN4OS. The van der Waals surface area contributed by atoms with Gasteiger partial charge in [-0.25, -0.2) is 9.97 Å². The lowest BCUT2D eigenvalue weighted by Gasteiger charge is -2.04. The van der Waals surface area contributed by atoms with Gasteiger partial charge in [-0.05, 0) is 37.2 Å². The van der Waals surface area contributed by atoms with Crippen molar-refractivity contribution in [2.24, 2.45) is 0 Å². The molecule has 3 aromatic rings. The maximum Gasteiger partial charge on any atom is 0.140 e. The molecule has 0 radical (unpaired) electrons. The maximum atomic E-state index is 5.85. The molecule has 0 aliphatic carbocycles. The molecule has 7 heteroatoms. The lowest BCUT2D eigenvalue weighted by molar-refractivity contribution is 0.305. The topological polar surface area (TPSA) is 52.0 Å². The van der Waals surface area contributed by atoms with Crippen LogP contribution in [-0.4, -0.2) is 21.1 Å². The van der Waals surface area contributed by atoms with Gasteiger partial charge in [0.15, 0.2) is 0 Å². The van der Waals surface area contributed by atoms with E-state index in [1.54, 1.807) is 17.5 Å². The largest absolute Gasteiger partial charge is 0.486 e. The zero-order valence-corrected chi connectivity index (χ0v) is 14.8. The van der Waals surface area contributed by atoms with Crippen LogP contribution in [0, 0.1) is 0 Å². The minimum Gasteiger partial charge on any atom is -0.486 e. The standard InChI is InChI=1S/C17H19ClN4OS/c18-14-2-4-16(5-3-14)23-11-17-21-15(12-24-17)10-19-6-1-8-22-9-7-20-13-22/h2-5,7,9,12-13,19H,1,6,8,10-11H2. The third kappa shape index (κ3) is 5.33. The summed E-state index contributed by atoms with van der Waals surface area (Å²) in [4.78, 5) is 8.61. The molecule has 126 valence electrons. The van der Waals surface area contributed by atoms with E-state index in [9.17, 15) is 0 Å². The fourth-order valence-electron chi connectivity index (χ4n) is 2.19. The second-order valence-corrected chi connectivity index (χ2v) is 6.69. The molecule has 0 amide bonds. The van der Waals surface area contributed by atoms with Gasteiger partial charge >= 0.3 is 0 Å². The second kappa shape index (κ2) is 8.82. The first kappa shape index (κ1) is 17.0. The average Bonchev–Trinajstić information content (AvgIpc) is 3.26. The van der Waals surface area contributed by atoms with Crippen LogP contribution < -0.4 is 10.1 Å². The summed E-state index contributed by atoms with van der Waals surface area (Å²) in [6, 6.07) is 7.35. The summed E-state index contributed by atoms with van der Waals surface area (Å²) < 4.78 is 7.79. The van der Waals surface area contributed by atoms with Crippen molar-refractivity contribution < 1.29 is 4.74 Å². The van der Waals surface area contributed by atoms with Gasteiger partial charge in [-0.2, -0.15) is 0 Å². The summed E-state index contributed by atoms with van der Waals surface area (Å²) >= 11 is 7.47. The fourth-order valence-corrected chi connectivity index (χ4v) is 3.03. The first-order chi connectivity index (χ1) is 11.8. The van der Waals surface area contributed by atoms with E-state index in [2.05, 4.69) is 25.2 Å². The summed E-state index contributed by atoms with van der Waals surface area (Å²) in [7, 11) is 0. The molecule has 2 heterocycles. The van der Waals surface area contributed by atoms with Crippen LogP contribution in [0.5, 0.6) is 5.75 Å². The number of nitrogens with one attached hydrogen (secondary N) is 1. The van der Waals surface area contributed by atoms with Crippen molar-refractivity contribution in [1.82, 2.24) is 19.9 Å². The Bertz CT molecular complexity index is 727. The zero-order valence-electron chi connectivity index (χ0n) is 13.2. The van der Waals surface area contributed by atoms with Crippen LogP contribution >= 0.6 is 22.9 Å². The molecule has 24 heavy (non-hydrogen) atoms. The molecule has 0 fully saturated rings. The van der Waals surface area contributed by atoms with Crippen LogP contribution in [0.1, 0.15) is 17.1 Å². The normalized spacial score (nSPS) is 10.9. The minimum absolute atomic E-state index is 0.479. The summed E-state index contributed by atoms with van der Waals surface area (Å²) in [5, 5.41) is 7.16. The van der Waals surface area contributed by atoms with E-state index in [-0.39, 0.29) is 0 Å². The molecule has 0 spiro atoms. The smallest absolute Gasteiger partial charge is 0.140 e. The third-order valence-corrected chi connectivity index (χ3v) is 4.53. The lowest BCUT2D eigenvalue weighted by atomic mass is 10.3. The van der Waals surface area contributed by atoms with Gasteiger partial charge in [0.1, 0.15) is 17.4 Å². The van der Waals surface area contributed by atoms with E-state index in [0.29, 0.717) is 11.6 Å². The van der Waals surface area contributed by atoms with Crippen LogP contribution in [0.15, 0.2) is 48.4 Å². The number of nitrogens with zero attached hydrogens (tertiary/aromatic N) is 3. The summed E-state index contributed by atoms with van der Waals surface area (Å²) in [5.41, 5.74) is 1.05. The molecule has 1 N–H and O–H groups in total. The molecule has 0 bridgehead atoms. The van der Waals surface area contributed by atoms with Crippen molar-refractivity contribution in [3.63, 3.8) is 0 Å². The number of hydrogen-bond acceptors (Lipinski definition) is 5. The first-order valence-corrected chi connectivity index (χ1v) is 9.03. The number of imidazole rings is 1. The monoisotopic (exact) mass is 362 g/mol. The number of thiazole rings is 1. The van der Waals surface area contributed by atoms with Crippen LogP contribution in [-0.2, 0) is 19.7 Å². The van der Waals surface area contributed by atoms with Crippen LogP contribution in [0.2, 0.25) is 5.02 Å². The van der Waals surface area contributed by atoms with Gasteiger partial charge < -0.3 is 14.6 Å². The third-order valence-electron chi connectivity index (χ3n) is 3.41. The van der Waals surface area contributed by atoms with Crippen molar-refractivity contribution in [3.05, 3.63) is 64.1 Å². The lowest BCUT2D eigenvalue weighted by Crippen LogP contribution is -2.16. The predicted molar refractivity (Wildman–Crippen MR) is 96.4 cm³/mol. The van der Waals surface area contributed by atoms with Gasteiger partial charge in [0.2, 0.25) is 0 Å². The highest BCUT2D eigenvalue weighted by Gasteiger charge is 2.03. The Balaban J connectivity index is 1.35.